The lowest BCUT2D eigenvalue weighted by Crippen LogP contribution is -2.76. The number of carbonyl (C=O) groups is 5. The third-order valence-corrected chi connectivity index (χ3v) is 9.73. The lowest BCUT2D eigenvalue weighted by molar-refractivity contribution is -0.205. The molecule has 3 aliphatic rings. The van der Waals surface area contributed by atoms with Gasteiger partial charge in [0.15, 0.2) is 28.7 Å². The second kappa shape index (κ2) is 9.18. The first kappa shape index (κ1) is 29.3. The molecule has 0 radical (unpaired) electrons. The van der Waals surface area contributed by atoms with Crippen molar-refractivity contribution in [3.63, 3.8) is 0 Å². The molecular weight excluding hydrogens is 496 g/mol. The van der Waals surface area contributed by atoms with E-state index in [9.17, 15) is 34.2 Å². The maximum atomic E-state index is 14.3. The second-order valence-corrected chi connectivity index (χ2v) is 14.3. The van der Waals surface area contributed by atoms with E-state index in [2.05, 4.69) is 20.8 Å². The highest BCUT2D eigenvalue weighted by Crippen LogP contribution is 2.63. The molecule has 7 heteroatoms. The molecule has 1 aromatic rings. The molecule has 2 saturated carbocycles. The number of aryl methyl sites for hydroxylation is 1. The van der Waals surface area contributed by atoms with E-state index in [1.165, 1.54) is 6.07 Å². The van der Waals surface area contributed by atoms with E-state index in [4.69, 9.17) is 0 Å². The van der Waals surface area contributed by atoms with Gasteiger partial charge in [-0.2, -0.15) is 0 Å². The minimum Gasteiger partial charge on any atom is -0.507 e. The van der Waals surface area contributed by atoms with E-state index in [1.807, 2.05) is 13.0 Å². The summed E-state index contributed by atoms with van der Waals surface area (Å²) in [7, 11) is 0. The fourth-order valence-corrected chi connectivity index (χ4v) is 8.24. The Kier molecular flexibility index (Phi) is 6.90. The highest BCUT2D eigenvalue weighted by molar-refractivity contribution is 6.32. The number of benzene rings is 1. The van der Waals surface area contributed by atoms with E-state index in [-0.39, 0.29) is 29.1 Å². The molecule has 7 nitrogen and oxygen atoms in total. The average molecular weight is 539 g/mol. The predicted molar refractivity (Wildman–Crippen MR) is 145 cm³/mol. The Morgan fingerprint density at radius 2 is 1.69 bits per heavy atom. The maximum absolute atomic E-state index is 14.3. The van der Waals surface area contributed by atoms with Crippen LogP contribution in [0.15, 0.2) is 12.1 Å². The molecule has 39 heavy (non-hydrogen) atoms. The zero-order valence-corrected chi connectivity index (χ0v) is 24.4. The Balaban J connectivity index is 1.88. The van der Waals surface area contributed by atoms with E-state index >= 15 is 0 Å². The molecular formula is C32H42O7. The van der Waals surface area contributed by atoms with Gasteiger partial charge in [0.1, 0.15) is 17.5 Å². The smallest absolute Gasteiger partial charge is 0.190 e. The third-order valence-electron chi connectivity index (χ3n) is 9.73. The van der Waals surface area contributed by atoms with Gasteiger partial charge in [0.2, 0.25) is 0 Å². The first-order valence-corrected chi connectivity index (χ1v) is 14.0. The van der Waals surface area contributed by atoms with E-state index in [1.54, 1.807) is 20.8 Å². The summed E-state index contributed by atoms with van der Waals surface area (Å²) in [6.07, 6.45) is 2.92. The minimum absolute atomic E-state index is 0.0696. The zero-order chi connectivity index (χ0) is 29.5. The summed E-state index contributed by atoms with van der Waals surface area (Å²) in [5.41, 5.74) is -3.30. The zero-order valence-electron chi connectivity index (χ0n) is 24.4. The van der Waals surface area contributed by atoms with Gasteiger partial charge in [-0.05, 0) is 73.0 Å². The van der Waals surface area contributed by atoms with Gasteiger partial charge in [0.05, 0.1) is 11.5 Å². The van der Waals surface area contributed by atoms with Crippen LogP contribution in [0.5, 0.6) is 5.75 Å². The van der Waals surface area contributed by atoms with Crippen LogP contribution in [0.4, 0.5) is 0 Å². The summed E-state index contributed by atoms with van der Waals surface area (Å²) in [5.74, 6) is -8.60. The molecule has 0 aliphatic heterocycles. The molecule has 0 saturated heterocycles. The number of hydrogen-bond donors (Lipinski definition) is 2. The number of hydrogen-bond acceptors (Lipinski definition) is 7. The van der Waals surface area contributed by atoms with Gasteiger partial charge in [0.25, 0.3) is 0 Å². The number of phenols is 1. The van der Waals surface area contributed by atoms with E-state index < -0.39 is 63.1 Å². The van der Waals surface area contributed by atoms with Crippen molar-refractivity contribution in [1.82, 2.24) is 0 Å². The molecule has 0 aromatic heterocycles. The summed E-state index contributed by atoms with van der Waals surface area (Å²) < 4.78 is 0. The van der Waals surface area contributed by atoms with Gasteiger partial charge >= 0.3 is 0 Å². The molecule has 0 amide bonds. The monoisotopic (exact) mass is 538 g/mol. The van der Waals surface area contributed by atoms with Crippen molar-refractivity contribution in [3.05, 3.63) is 28.8 Å². The average Bonchev–Trinajstić information content (AvgIpc) is 2.76. The normalized spacial score (nSPS) is 34.6. The van der Waals surface area contributed by atoms with Crippen molar-refractivity contribution < 1.29 is 34.2 Å². The first-order chi connectivity index (χ1) is 17.8. The van der Waals surface area contributed by atoms with Crippen molar-refractivity contribution in [2.45, 2.75) is 93.1 Å². The molecule has 6 atom stereocenters. The minimum atomic E-state index is -2.66. The van der Waals surface area contributed by atoms with Crippen LogP contribution in [0.3, 0.4) is 0 Å². The van der Waals surface area contributed by atoms with Crippen LogP contribution in [-0.4, -0.2) is 44.7 Å². The maximum Gasteiger partial charge on any atom is 0.190 e. The molecule has 0 spiro atoms. The highest BCUT2D eigenvalue weighted by Gasteiger charge is 2.76. The number of aliphatic hydroxyl groups is 1. The number of phenolic OH excluding ortho intramolecular Hbond substituents is 1. The lowest BCUT2D eigenvalue weighted by Gasteiger charge is -2.61. The highest BCUT2D eigenvalue weighted by atomic mass is 16.3. The molecule has 4 rings (SSSR count). The third kappa shape index (κ3) is 4.14. The van der Waals surface area contributed by atoms with Gasteiger partial charge in [-0.1, -0.05) is 54.5 Å². The molecule has 2 N–H and O–H groups in total. The fourth-order valence-electron chi connectivity index (χ4n) is 8.24. The number of ketones is 5. The van der Waals surface area contributed by atoms with Crippen LogP contribution < -0.4 is 0 Å². The fraction of sp³-hybridized carbons (Fsp3) is 0.656. The summed E-state index contributed by atoms with van der Waals surface area (Å²) in [6, 6.07) is 3.31. The number of carbonyl (C=O) groups excluding carboxylic acids is 5. The van der Waals surface area contributed by atoms with Gasteiger partial charge in [-0.15, -0.1) is 0 Å². The number of rotatable bonds is 5. The molecule has 0 bridgehead atoms. The quantitative estimate of drug-likeness (QED) is 0.530. The Bertz CT molecular complexity index is 1280. The van der Waals surface area contributed by atoms with Crippen LogP contribution in [0.2, 0.25) is 0 Å². The first-order valence-electron chi connectivity index (χ1n) is 14.0. The molecule has 3 unspecified atom stereocenters. The van der Waals surface area contributed by atoms with Crippen molar-refractivity contribution in [3.8, 4) is 5.75 Å². The van der Waals surface area contributed by atoms with Gasteiger partial charge in [0, 0.05) is 11.3 Å². The largest absolute Gasteiger partial charge is 0.507 e. The lowest BCUT2D eigenvalue weighted by atomic mass is 9.40. The Labute approximate surface area is 230 Å². The van der Waals surface area contributed by atoms with Crippen LogP contribution >= 0.6 is 0 Å². The van der Waals surface area contributed by atoms with Crippen LogP contribution in [-0.2, 0) is 32.0 Å². The molecule has 2 fully saturated rings. The van der Waals surface area contributed by atoms with Crippen molar-refractivity contribution in [1.29, 1.82) is 0 Å². The summed E-state index contributed by atoms with van der Waals surface area (Å²) in [5, 5.41) is 22.8. The number of fused-ring (bicyclic) bond motifs is 3. The van der Waals surface area contributed by atoms with Crippen LogP contribution in [0.25, 0.3) is 0 Å². The van der Waals surface area contributed by atoms with Crippen LogP contribution in [0.1, 0.15) is 96.1 Å². The van der Waals surface area contributed by atoms with Crippen molar-refractivity contribution in [2.24, 2.45) is 39.9 Å². The van der Waals surface area contributed by atoms with E-state index in [0.717, 1.165) is 25.3 Å². The van der Waals surface area contributed by atoms with Crippen molar-refractivity contribution >= 4 is 28.9 Å². The van der Waals surface area contributed by atoms with Gasteiger partial charge < -0.3 is 10.2 Å². The van der Waals surface area contributed by atoms with E-state index in [0.29, 0.717) is 18.4 Å². The standard InChI is InChI=1S/C32H42O7/c1-16(2)23-25(35)21(17(3)33)27(37)32(39)28(38)24-26(36)22-19(14-30(24,7)15-31(23,32)8)18(11-12-20(22)34)10-9-13-29(4,5)6/h11-12,16,21,23-24,34,39H,9-10,13-15H2,1-8H3/t21?,23?,24?,30-,31-,32+/m1/s1. The molecule has 0 heterocycles. The summed E-state index contributed by atoms with van der Waals surface area (Å²) >= 11 is 0. The SMILES string of the molecule is CC(=O)C1C(=O)C(C(C)C)[C@@]2(C)C[C@@]3(C)Cc4c(CCCC(C)(C)C)ccc(O)c4C(=O)C3C(=O)[C@@]2(O)C1=O. The van der Waals surface area contributed by atoms with Gasteiger partial charge in [-0.25, -0.2) is 0 Å². The molecule has 1 aromatic carbocycles. The Morgan fingerprint density at radius 3 is 2.23 bits per heavy atom. The molecule has 212 valence electrons. The van der Waals surface area contributed by atoms with Crippen LogP contribution in [0, 0.1) is 39.9 Å². The van der Waals surface area contributed by atoms with Crippen molar-refractivity contribution in [2.75, 3.05) is 0 Å². The number of aromatic hydroxyl groups is 1. The predicted octanol–water partition coefficient (Wildman–Crippen LogP) is 4.46. The molecule has 3 aliphatic carbocycles. The Hall–Kier alpha value is -2.67. The number of Topliss-reactive ketones (excluding diaryl/α,β-unsaturated/α-hetero) is 5. The second-order valence-electron chi connectivity index (χ2n) is 14.3. The topological polar surface area (TPSA) is 126 Å². The summed E-state index contributed by atoms with van der Waals surface area (Å²) in [6.45, 7) is 14.6. The Morgan fingerprint density at radius 1 is 1.08 bits per heavy atom. The van der Waals surface area contributed by atoms with Gasteiger partial charge in [-0.3, -0.25) is 24.0 Å². The summed E-state index contributed by atoms with van der Waals surface area (Å²) in [4.78, 5) is 68.1.